The van der Waals surface area contributed by atoms with Gasteiger partial charge in [0.15, 0.2) is 0 Å². The van der Waals surface area contributed by atoms with Gasteiger partial charge in [-0.3, -0.25) is 9.69 Å². The van der Waals surface area contributed by atoms with Gasteiger partial charge >= 0.3 is 6.03 Å². The first-order chi connectivity index (χ1) is 15.6. The highest BCUT2D eigenvalue weighted by Gasteiger charge is 2.44. The third kappa shape index (κ3) is 4.32. The zero-order chi connectivity index (χ0) is 22.1. The maximum atomic E-state index is 14.0. The SMILES string of the molecule is O=C(NC1CCCC1)N[C@H]1C[C@H]2C(=O)NC[C@@H](Cc3nnc(-c4ccccc4F)o3)N2C1. The van der Waals surface area contributed by atoms with Gasteiger partial charge in [0.2, 0.25) is 11.8 Å². The number of rotatable bonds is 5. The lowest BCUT2D eigenvalue weighted by atomic mass is 10.1. The minimum absolute atomic E-state index is 0.0284. The van der Waals surface area contributed by atoms with E-state index in [-0.39, 0.29) is 47.6 Å². The number of carbonyl (C=O) groups excluding carboxylic acids is 2. The summed E-state index contributed by atoms with van der Waals surface area (Å²) in [7, 11) is 0. The summed E-state index contributed by atoms with van der Waals surface area (Å²) in [6.07, 6.45) is 5.34. The molecule has 3 aliphatic rings. The molecule has 10 heteroatoms. The molecule has 0 bridgehead atoms. The molecule has 2 aromatic rings. The van der Waals surface area contributed by atoms with Gasteiger partial charge in [0.1, 0.15) is 5.82 Å². The Labute approximate surface area is 185 Å². The highest BCUT2D eigenvalue weighted by Crippen LogP contribution is 2.27. The molecule has 1 saturated carbocycles. The highest BCUT2D eigenvalue weighted by molar-refractivity contribution is 5.83. The number of nitrogens with one attached hydrogen (secondary N) is 3. The maximum absolute atomic E-state index is 14.0. The van der Waals surface area contributed by atoms with E-state index in [0.29, 0.717) is 31.8 Å². The van der Waals surface area contributed by atoms with Crippen LogP contribution in [0.1, 0.15) is 38.0 Å². The summed E-state index contributed by atoms with van der Waals surface area (Å²) < 4.78 is 19.7. The van der Waals surface area contributed by atoms with Gasteiger partial charge in [-0.1, -0.05) is 25.0 Å². The van der Waals surface area contributed by atoms with Crippen LogP contribution < -0.4 is 16.0 Å². The van der Waals surface area contributed by atoms with Crippen molar-refractivity contribution >= 4 is 11.9 Å². The number of aromatic nitrogens is 2. The van der Waals surface area contributed by atoms with Crippen molar-refractivity contribution in [2.75, 3.05) is 13.1 Å². The number of amides is 3. The molecule has 0 spiro atoms. The first-order valence-corrected chi connectivity index (χ1v) is 11.2. The summed E-state index contributed by atoms with van der Waals surface area (Å²) in [4.78, 5) is 26.9. The molecule has 3 N–H and O–H groups in total. The Bertz CT molecular complexity index is 992. The van der Waals surface area contributed by atoms with E-state index in [1.807, 2.05) is 0 Å². The summed E-state index contributed by atoms with van der Waals surface area (Å²) in [6.45, 7) is 1.03. The Hall–Kier alpha value is -3.01. The molecule has 0 radical (unpaired) electrons. The molecule has 1 aromatic carbocycles. The molecule has 1 aliphatic carbocycles. The van der Waals surface area contributed by atoms with Gasteiger partial charge in [-0.05, 0) is 31.4 Å². The number of hydrogen-bond donors (Lipinski definition) is 3. The minimum Gasteiger partial charge on any atom is -0.421 e. The summed E-state index contributed by atoms with van der Waals surface area (Å²) in [5, 5.41) is 17.1. The van der Waals surface area contributed by atoms with E-state index < -0.39 is 5.82 Å². The topological polar surface area (TPSA) is 112 Å². The monoisotopic (exact) mass is 442 g/mol. The fourth-order valence-corrected chi connectivity index (χ4v) is 5.03. The predicted octanol–water partition coefficient (Wildman–Crippen LogP) is 1.60. The van der Waals surface area contributed by atoms with Gasteiger partial charge in [-0.25, -0.2) is 9.18 Å². The second-order valence-corrected chi connectivity index (χ2v) is 8.83. The van der Waals surface area contributed by atoms with Crippen LogP contribution in [0.2, 0.25) is 0 Å². The van der Waals surface area contributed by atoms with Gasteiger partial charge in [-0.15, -0.1) is 10.2 Å². The zero-order valence-electron chi connectivity index (χ0n) is 17.7. The van der Waals surface area contributed by atoms with Crippen LogP contribution in [0, 0.1) is 5.82 Å². The number of urea groups is 1. The van der Waals surface area contributed by atoms with Crippen LogP contribution in [0.25, 0.3) is 11.5 Å². The van der Waals surface area contributed by atoms with Crippen molar-refractivity contribution in [1.29, 1.82) is 0 Å². The molecule has 32 heavy (non-hydrogen) atoms. The second-order valence-electron chi connectivity index (χ2n) is 8.83. The van der Waals surface area contributed by atoms with Crippen LogP contribution in [0.3, 0.4) is 0 Å². The lowest BCUT2D eigenvalue weighted by Gasteiger charge is -2.36. The van der Waals surface area contributed by atoms with E-state index in [1.165, 1.54) is 6.07 Å². The fourth-order valence-electron chi connectivity index (χ4n) is 5.03. The quantitative estimate of drug-likeness (QED) is 0.649. The number of nitrogens with zero attached hydrogens (tertiary/aromatic N) is 3. The van der Waals surface area contributed by atoms with E-state index in [4.69, 9.17) is 4.42 Å². The first-order valence-electron chi connectivity index (χ1n) is 11.2. The Morgan fingerprint density at radius 2 is 1.97 bits per heavy atom. The fraction of sp³-hybridized carbons (Fsp3) is 0.545. The average Bonchev–Trinajstić information content (AvgIpc) is 3.52. The Kier molecular flexibility index (Phi) is 5.77. The van der Waals surface area contributed by atoms with Crippen molar-refractivity contribution in [3.05, 3.63) is 36.0 Å². The molecule has 0 unspecified atom stereocenters. The van der Waals surface area contributed by atoms with Gasteiger partial charge in [0.05, 0.1) is 11.6 Å². The number of carbonyl (C=O) groups is 2. The lowest BCUT2D eigenvalue weighted by Crippen LogP contribution is -2.58. The largest absolute Gasteiger partial charge is 0.421 e. The standard InChI is InChI=1S/C22H27FN6O3/c23-17-8-4-3-7-16(17)21-28-27-19(32-21)10-15-11-24-20(30)18-9-14(12-29(15)18)26-22(31)25-13-5-1-2-6-13/h3-4,7-8,13-15,18H,1-2,5-6,9-12H2,(H,24,30)(H2,25,26,31)/t14-,15+,18-/m0/s1. The molecule has 5 rings (SSSR count). The van der Waals surface area contributed by atoms with E-state index >= 15 is 0 Å². The number of fused-ring (bicyclic) bond motifs is 1. The Morgan fingerprint density at radius 3 is 2.78 bits per heavy atom. The summed E-state index contributed by atoms with van der Waals surface area (Å²) in [5.74, 6) is 0.0777. The molecule has 3 amide bonds. The lowest BCUT2D eigenvalue weighted by molar-refractivity contribution is -0.129. The molecule has 2 aliphatic heterocycles. The van der Waals surface area contributed by atoms with Gasteiger partial charge in [-0.2, -0.15) is 0 Å². The average molecular weight is 442 g/mol. The Balaban J connectivity index is 1.22. The number of hydrogen-bond acceptors (Lipinski definition) is 6. The van der Waals surface area contributed by atoms with E-state index in [9.17, 15) is 14.0 Å². The molecule has 3 fully saturated rings. The van der Waals surface area contributed by atoms with Crippen LogP contribution in [-0.4, -0.2) is 64.3 Å². The molecular formula is C22H27FN6O3. The first kappa shape index (κ1) is 20.9. The minimum atomic E-state index is -0.419. The summed E-state index contributed by atoms with van der Waals surface area (Å²) in [6, 6.07) is 5.88. The van der Waals surface area contributed by atoms with Crippen LogP contribution >= 0.6 is 0 Å². The van der Waals surface area contributed by atoms with Gasteiger partial charge in [0.25, 0.3) is 5.89 Å². The molecule has 1 aromatic heterocycles. The third-order valence-electron chi connectivity index (χ3n) is 6.63. The van der Waals surface area contributed by atoms with E-state index in [2.05, 4.69) is 31.0 Å². The predicted molar refractivity (Wildman–Crippen MR) is 113 cm³/mol. The smallest absolute Gasteiger partial charge is 0.315 e. The molecule has 170 valence electrons. The molecule has 3 atom stereocenters. The summed E-state index contributed by atoms with van der Waals surface area (Å²) in [5.41, 5.74) is 0.264. The van der Waals surface area contributed by atoms with Crippen molar-refractivity contribution in [3.63, 3.8) is 0 Å². The molecule has 3 heterocycles. The number of benzene rings is 1. The molecule has 2 saturated heterocycles. The van der Waals surface area contributed by atoms with Crippen LogP contribution in [0.5, 0.6) is 0 Å². The normalized spacial score (nSPS) is 26.0. The number of halogens is 1. The second kappa shape index (κ2) is 8.85. The third-order valence-corrected chi connectivity index (χ3v) is 6.63. The van der Waals surface area contributed by atoms with E-state index in [0.717, 1.165) is 25.7 Å². The zero-order valence-corrected chi connectivity index (χ0v) is 17.7. The number of piperazine rings is 1. The van der Waals surface area contributed by atoms with Crippen molar-refractivity contribution in [2.24, 2.45) is 0 Å². The van der Waals surface area contributed by atoms with Gasteiger partial charge in [0, 0.05) is 37.6 Å². The summed E-state index contributed by atoms with van der Waals surface area (Å²) >= 11 is 0. The van der Waals surface area contributed by atoms with Crippen molar-refractivity contribution in [2.45, 2.75) is 62.7 Å². The molecular weight excluding hydrogens is 415 g/mol. The highest BCUT2D eigenvalue weighted by atomic mass is 19.1. The maximum Gasteiger partial charge on any atom is 0.315 e. The van der Waals surface area contributed by atoms with E-state index in [1.54, 1.807) is 18.2 Å². The molecule has 9 nitrogen and oxygen atoms in total. The van der Waals surface area contributed by atoms with Gasteiger partial charge < -0.3 is 20.4 Å². The Morgan fingerprint density at radius 1 is 1.19 bits per heavy atom. The van der Waals surface area contributed by atoms with Crippen molar-refractivity contribution < 1.29 is 18.4 Å². The van der Waals surface area contributed by atoms with Crippen molar-refractivity contribution in [1.82, 2.24) is 31.0 Å². The van der Waals surface area contributed by atoms with Crippen LogP contribution in [-0.2, 0) is 11.2 Å². The van der Waals surface area contributed by atoms with Crippen molar-refractivity contribution in [3.8, 4) is 11.5 Å². The van der Waals surface area contributed by atoms with Crippen LogP contribution in [0.4, 0.5) is 9.18 Å². The van der Waals surface area contributed by atoms with Crippen LogP contribution in [0.15, 0.2) is 28.7 Å².